The maximum atomic E-state index is 12.4. The van der Waals surface area contributed by atoms with Gasteiger partial charge in [0.1, 0.15) is 11.5 Å². The third-order valence-corrected chi connectivity index (χ3v) is 7.03. The second-order valence-corrected chi connectivity index (χ2v) is 9.50. The van der Waals surface area contributed by atoms with Gasteiger partial charge >= 0.3 is 15.1 Å². The van der Waals surface area contributed by atoms with E-state index >= 15 is 0 Å². The number of aromatic nitrogens is 2. The van der Waals surface area contributed by atoms with Crippen molar-refractivity contribution in [2.75, 3.05) is 18.0 Å². The van der Waals surface area contributed by atoms with Gasteiger partial charge in [0, 0.05) is 19.0 Å². The standard InChI is InChI=1S/C18H27N5O4S/c1-2-19-16-14-17(21-15(20-14)13-8-9-13)23(10-12-6-4-3-5-7-12)18(11-24,22-16)28(25,26)27/h11-13H,2-10H2,1H3,(H,19,22)(H,20,21)(H,25,26,27). The maximum Gasteiger partial charge on any atom is 0.320 e. The number of fused-ring (bicyclic) bond motifs is 1. The number of imidazole rings is 1. The summed E-state index contributed by atoms with van der Waals surface area (Å²) in [4.78, 5) is 23.3. The van der Waals surface area contributed by atoms with Crippen molar-refractivity contribution in [3.05, 3.63) is 11.5 Å². The fourth-order valence-electron chi connectivity index (χ4n) is 4.21. The molecule has 1 aliphatic heterocycles. The van der Waals surface area contributed by atoms with Crippen LogP contribution in [0.5, 0.6) is 0 Å². The number of anilines is 1. The average molecular weight is 410 g/mol. The lowest BCUT2D eigenvalue weighted by Gasteiger charge is -2.40. The molecule has 154 valence electrons. The molecule has 9 nitrogen and oxygen atoms in total. The summed E-state index contributed by atoms with van der Waals surface area (Å²) in [6.45, 7) is 2.65. The predicted octanol–water partition coefficient (Wildman–Crippen LogP) is 1.78. The molecule has 2 heterocycles. The van der Waals surface area contributed by atoms with Crippen molar-refractivity contribution < 1.29 is 17.8 Å². The van der Waals surface area contributed by atoms with E-state index in [4.69, 9.17) is 0 Å². The van der Waals surface area contributed by atoms with Crippen LogP contribution >= 0.6 is 0 Å². The second kappa shape index (κ2) is 7.14. The van der Waals surface area contributed by atoms with Crippen LogP contribution in [0.15, 0.2) is 4.99 Å². The third kappa shape index (κ3) is 3.22. The van der Waals surface area contributed by atoms with Gasteiger partial charge in [-0.15, -0.1) is 0 Å². The highest BCUT2D eigenvalue weighted by atomic mass is 32.2. The van der Waals surface area contributed by atoms with Crippen molar-refractivity contribution in [2.45, 2.75) is 62.8 Å². The normalized spacial score (nSPS) is 25.9. The number of rotatable bonds is 6. The van der Waals surface area contributed by atoms with Gasteiger partial charge in [0.25, 0.3) is 0 Å². The molecule has 0 aromatic carbocycles. The molecule has 2 saturated carbocycles. The predicted molar refractivity (Wildman–Crippen MR) is 105 cm³/mol. The fourth-order valence-corrected chi connectivity index (χ4v) is 4.98. The molecule has 0 amide bonds. The molecule has 2 fully saturated rings. The van der Waals surface area contributed by atoms with Crippen LogP contribution in [0.2, 0.25) is 0 Å². The quantitative estimate of drug-likeness (QED) is 0.483. The first-order chi connectivity index (χ1) is 13.4. The molecule has 0 spiro atoms. The van der Waals surface area contributed by atoms with Gasteiger partial charge in [-0.2, -0.15) is 8.42 Å². The number of hydrogen-bond donors (Lipinski definition) is 3. The van der Waals surface area contributed by atoms with Gasteiger partial charge in [-0.3, -0.25) is 9.35 Å². The smallest absolute Gasteiger partial charge is 0.320 e. The largest absolute Gasteiger partial charge is 0.369 e. The third-order valence-electron chi connectivity index (χ3n) is 5.86. The summed E-state index contributed by atoms with van der Waals surface area (Å²) in [6.07, 6.45) is 7.49. The SMILES string of the molecule is CCNC1=NC(C=O)(S(=O)(=O)O)N(CC2CCCCC2)c2nc(C3CC3)[nH]c21. The molecule has 4 rings (SSSR count). The highest BCUT2D eigenvalue weighted by Gasteiger charge is 2.54. The van der Waals surface area contributed by atoms with E-state index in [0.717, 1.165) is 50.8 Å². The Hall–Kier alpha value is -1.94. The van der Waals surface area contributed by atoms with E-state index in [-0.39, 0.29) is 18.0 Å². The van der Waals surface area contributed by atoms with Gasteiger partial charge in [-0.1, -0.05) is 19.3 Å². The van der Waals surface area contributed by atoms with Crippen LogP contribution in [0.3, 0.4) is 0 Å². The van der Waals surface area contributed by atoms with Crippen LogP contribution in [0.4, 0.5) is 5.82 Å². The van der Waals surface area contributed by atoms with Gasteiger partial charge in [0.05, 0.1) is 0 Å². The van der Waals surface area contributed by atoms with Crippen LogP contribution in [0.1, 0.15) is 69.3 Å². The number of H-pyrrole nitrogens is 1. The highest BCUT2D eigenvalue weighted by Crippen LogP contribution is 2.43. The number of nitrogens with one attached hydrogen (secondary N) is 2. The van der Waals surface area contributed by atoms with Gasteiger partial charge in [0.15, 0.2) is 17.9 Å². The summed E-state index contributed by atoms with van der Waals surface area (Å²) < 4.78 is 34.9. The number of aromatic amines is 1. The molecule has 1 aromatic heterocycles. The first kappa shape index (κ1) is 19.4. The Morgan fingerprint density at radius 2 is 2.00 bits per heavy atom. The number of aliphatic imine (C=N–C) groups is 1. The summed E-state index contributed by atoms with van der Waals surface area (Å²) in [5.74, 6) is 1.94. The number of aldehydes is 1. The van der Waals surface area contributed by atoms with E-state index in [1.165, 1.54) is 4.90 Å². The molecule has 10 heteroatoms. The zero-order chi connectivity index (χ0) is 19.9. The summed E-state index contributed by atoms with van der Waals surface area (Å²) in [5, 5.41) is 3.02. The minimum atomic E-state index is -4.85. The Morgan fingerprint density at radius 1 is 1.29 bits per heavy atom. The fraction of sp³-hybridized carbons (Fsp3) is 0.722. The van der Waals surface area contributed by atoms with Crippen molar-refractivity contribution in [3.63, 3.8) is 0 Å². The van der Waals surface area contributed by atoms with Crippen molar-refractivity contribution in [1.82, 2.24) is 15.3 Å². The minimum absolute atomic E-state index is 0.219. The molecular formula is C18H27N5O4S. The van der Waals surface area contributed by atoms with Crippen molar-refractivity contribution in [2.24, 2.45) is 10.9 Å². The summed E-state index contributed by atoms with van der Waals surface area (Å²) in [5.41, 5.74) is 0.584. The monoisotopic (exact) mass is 409 g/mol. The Balaban J connectivity index is 1.84. The lowest BCUT2D eigenvalue weighted by Crippen LogP contribution is -2.60. The molecule has 0 saturated heterocycles. The van der Waals surface area contributed by atoms with Crippen molar-refractivity contribution >= 4 is 28.1 Å². The summed E-state index contributed by atoms with van der Waals surface area (Å²) in [7, 11) is -4.85. The Kier molecular flexibility index (Phi) is 4.95. The Labute approximate surface area is 164 Å². The van der Waals surface area contributed by atoms with Crippen LogP contribution < -0.4 is 10.2 Å². The van der Waals surface area contributed by atoms with Crippen LogP contribution in [0, 0.1) is 5.92 Å². The molecule has 1 atom stereocenters. The minimum Gasteiger partial charge on any atom is -0.369 e. The Bertz CT molecular complexity index is 886. The zero-order valence-electron chi connectivity index (χ0n) is 16.0. The van der Waals surface area contributed by atoms with Gasteiger partial charge in [-0.05, 0) is 38.5 Å². The van der Waals surface area contributed by atoms with E-state index in [1.807, 2.05) is 6.92 Å². The molecule has 3 N–H and O–H groups in total. The second-order valence-electron chi connectivity index (χ2n) is 7.95. The number of carbonyl (C=O) groups is 1. The van der Waals surface area contributed by atoms with Gasteiger partial charge < -0.3 is 15.2 Å². The van der Waals surface area contributed by atoms with E-state index < -0.39 is 15.1 Å². The van der Waals surface area contributed by atoms with Crippen LogP contribution in [-0.2, 0) is 14.9 Å². The zero-order valence-corrected chi connectivity index (χ0v) is 16.8. The molecule has 3 aliphatic rings. The molecular weight excluding hydrogens is 382 g/mol. The number of hydrogen-bond acceptors (Lipinski definition) is 7. The van der Waals surface area contributed by atoms with Crippen LogP contribution in [-0.4, -0.2) is 53.1 Å². The van der Waals surface area contributed by atoms with Gasteiger partial charge in [0.2, 0.25) is 0 Å². The first-order valence-corrected chi connectivity index (χ1v) is 11.5. The maximum absolute atomic E-state index is 12.4. The molecule has 28 heavy (non-hydrogen) atoms. The van der Waals surface area contributed by atoms with E-state index in [0.29, 0.717) is 30.5 Å². The topological polar surface area (TPSA) is 128 Å². The Morgan fingerprint density at radius 3 is 2.57 bits per heavy atom. The highest BCUT2D eigenvalue weighted by molar-refractivity contribution is 7.88. The van der Waals surface area contributed by atoms with Crippen molar-refractivity contribution in [3.8, 4) is 0 Å². The summed E-state index contributed by atoms with van der Waals surface area (Å²) >= 11 is 0. The molecule has 1 unspecified atom stereocenters. The lowest BCUT2D eigenvalue weighted by atomic mass is 9.88. The molecule has 2 aliphatic carbocycles. The number of nitrogens with zero attached hydrogens (tertiary/aromatic N) is 3. The summed E-state index contributed by atoms with van der Waals surface area (Å²) in [6, 6.07) is 0. The van der Waals surface area contributed by atoms with Crippen molar-refractivity contribution in [1.29, 1.82) is 0 Å². The number of amidine groups is 1. The average Bonchev–Trinajstić information content (AvgIpc) is 3.42. The van der Waals surface area contributed by atoms with E-state index in [1.54, 1.807) is 0 Å². The van der Waals surface area contributed by atoms with E-state index in [9.17, 15) is 17.8 Å². The molecule has 1 aromatic rings. The first-order valence-electron chi connectivity index (χ1n) is 10.0. The molecule has 0 bridgehead atoms. The number of carbonyl (C=O) groups excluding carboxylic acids is 1. The van der Waals surface area contributed by atoms with Gasteiger partial charge in [-0.25, -0.2) is 9.98 Å². The molecule has 0 radical (unpaired) electrons. The van der Waals surface area contributed by atoms with Crippen LogP contribution in [0.25, 0.3) is 0 Å². The lowest BCUT2D eigenvalue weighted by molar-refractivity contribution is -0.110. The van der Waals surface area contributed by atoms with E-state index in [2.05, 4.69) is 20.3 Å².